The molecule has 1 amide bonds. The van der Waals surface area contributed by atoms with Crippen molar-refractivity contribution in [3.63, 3.8) is 0 Å². The van der Waals surface area contributed by atoms with Gasteiger partial charge in [0, 0.05) is 7.05 Å². The van der Waals surface area contributed by atoms with Gasteiger partial charge in [0.15, 0.2) is 12.4 Å². The fourth-order valence-corrected chi connectivity index (χ4v) is 0.344. The minimum Gasteiger partial charge on any atom is -0.231 e. The molecule has 0 aromatic heterocycles. The molecule has 1 aliphatic rings. The highest BCUT2D eigenvalue weighted by Gasteiger charge is 2.32. The lowest BCUT2D eigenvalue weighted by Gasteiger charge is -2.02. The average Bonchev–Trinajstić information content (AvgIpc) is 2.46. The van der Waals surface area contributed by atoms with Crippen LogP contribution in [-0.4, -0.2) is 18.0 Å². The molecule has 1 heterocycles. The van der Waals surface area contributed by atoms with Crippen molar-refractivity contribution in [1.82, 2.24) is 5.43 Å². The highest BCUT2D eigenvalue weighted by Crippen LogP contribution is 2.12. The van der Waals surface area contributed by atoms with Crippen molar-refractivity contribution in [2.75, 3.05) is 7.05 Å². The third-order valence-corrected chi connectivity index (χ3v) is 1.03. The molecule has 0 saturated carbocycles. The normalized spacial score (nSPS) is 21.9. The van der Waals surface area contributed by atoms with Crippen LogP contribution in [0, 0.1) is 0 Å². The summed E-state index contributed by atoms with van der Waals surface area (Å²) < 4.78 is 0.208. The van der Waals surface area contributed by atoms with Gasteiger partial charge in [-0.3, -0.25) is 0 Å². The Bertz CT molecular complexity index is 113. The smallest absolute Gasteiger partial charge is 0.231 e. The highest BCUT2D eigenvalue weighted by atomic mass is 16.2. The summed E-state index contributed by atoms with van der Waals surface area (Å²) in [5.41, 5.74) is 2.76. The van der Waals surface area contributed by atoms with E-state index in [1.54, 1.807) is 19.4 Å². The SMILES string of the molecule is CN[N+]1(C=O)C=C1. The molecule has 0 aromatic carbocycles. The van der Waals surface area contributed by atoms with Gasteiger partial charge in [-0.25, -0.2) is 4.79 Å². The summed E-state index contributed by atoms with van der Waals surface area (Å²) in [6, 6.07) is 0. The van der Waals surface area contributed by atoms with E-state index in [0.29, 0.717) is 0 Å². The molecule has 0 radical (unpaired) electrons. The molecule has 3 nitrogen and oxygen atoms in total. The van der Waals surface area contributed by atoms with Gasteiger partial charge in [-0.05, 0) is 0 Å². The Morgan fingerprint density at radius 3 is 2.29 bits per heavy atom. The maximum atomic E-state index is 9.97. The number of rotatable bonds is 2. The van der Waals surface area contributed by atoms with Gasteiger partial charge in [0.1, 0.15) is 0 Å². The molecule has 1 aliphatic heterocycles. The Labute approximate surface area is 41.8 Å². The summed E-state index contributed by atoms with van der Waals surface area (Å²) in [4.78, 5) is 9.97. The molecule has 0 fully saturated rings. The number of carbonyl (C=O) groups is 1. The van der Waals surface area contributed by atoms with Crippen molar-refractivity contribution in [3.05, 3.63) is 12.4 Å². The molecular weight excluding hydrogens is 92.1 g/mol. The van der Waals surface area contributed by atoms with E-state index in [-0.39, 0.29) is 4.59 Å². The van der Waals surface area contributed by atoms with Crippen LogP contribution in [0.15, 0.2) is 12.4 Å². The number of amides is 1. The molecule has 1 N–H and O–H groups in total. The molecule has 0 aliphatic carbocycles. The van der Waals surface area contributed by atoms with Crippen LogP contribution >= 0.6 is 0 Å². The lowest BCUT2D eigenvalue weighted by molar-refractivity contribution is -0.725. The first kappa shape index (κ1) is 4.49. The van der Waals surface area contributed by atoms with Crippen LogP contribution in [0.2, 0.25) is 0 Å². The van der Waals surface area contributed by atoms with E-state index in [1.165, 1.54) is 0 Å². The second kappa shape index (κ2) is 1.15. The van der Waals surface area contributed by atoms with Gasteiger partial charge in [0.25, 0.3) is 0 Å². The minimum absolute atomic E-state index is 0.208. The molecule has 3 heteroatoms. The molecule has 0 bridgehead atoms. The first-order chi connectivity index (χ1) is 3.33. The van der Waals surface area contributed by atoms with E-state index in [9.17, 15) is 4.79 Å². The number of nitrogens with zero attached hydrogens (tertiary/aromatic N) is 1. The molecule has 38 valence electrons. The summed E-state index contributed by atoms with van der Waals surface area (Å²) in [6.45, 7) is 0. The molecular formula is C4H7N2O+. The Balaban J connectivity index is 2.45. The second-order valence-corrected chi connectivity index (χ2v) is 1.46. The van der Waals surface area contributed by atoms with Gasteiger partial charge in [0.2, 0.25) is 0 Å². The second-order valence-electron chi connectivity index (χ2n) is 1.46. The zero-order valence-corrected chi connectivity index (χ0v) is 4.09. The van der Waals surface area contributed by atoms with E-state index in [4.69, 9.17) is 0 Å². The maximum absolute atomic E-state index is 9.97. The topological polar surface area (TPSA) is 29.1 Å². The van der Waals surface area contributed by atoms with Crippen molar-refractivity contribution >= 4 is 6.41 Å². The van der Waals surface area contributed by atoms with Crippen LogP contribution in [0.5, 0.6) is 0 Å². The minimum atomic E-state index is 0.208. The lowest BCUT2D eigenvalue weighted by atomic mass is 11.1. The summed E-state index contributed by atoms with van der Waals surface area (Å²) >= 11 is 0. The Kier molecular flexibility index (Phi) is 0.736. The molecule has 0 aromatic rings. The fourth-order valence-electron chi connectivity index (χ4n) is 0.344. The Morgan fingerprint density at radius 2 is 2.29 bits per heavy atom. The number of hydrogen-bond donors (Lipinski definition) is 1. The monoisotopic (exact) mass is 99.1 g/mol. The van der Waals surface area contributed by atoms with Gasteiger partial charge < -0.3 is 0 Å². The molecule has 0 atom stereocenters. The molecule has 7 heavy (non-hydrogen) atoms. The molecule has 0 spiro atoms. The van der Waals surface area contributed by atoms with Crippen LogP contribution in [0.4, 0.5) is 0 Å². The molecule has 1 rings (SSSR count). The average molecular weight is 99.1 g/mol. The summed E-state index contributed by atoms with van der Waals surface area (Å²) in [7, 11) is 1.73. The third-order valence-electron chi connectivity index (χ3n) is 1.03. The predicted molar refractivity (Wildman–Crippen MR) is 24.5 cm³/mol. The van der Waals surface area contributed by atoms with Crippen molar-refractivity contribution in [2.45, 2.75) is 0 Å². The maximum Gasteiger partial charge on any atom is 0.330 e. The van der Waals surface area contributed by atoms with Crippen molar-refractivity contribution in [3.8, 4) is 0 Å². The van der Waals surface area contributed by atoms with Crippen LogP contribution in [-0.2, 0) is 4.79 Å². The summed E-state index contributed by atoms with van der Waals surface area (Å²) in [5.74, 6) is 0. The lowest BCUT2D eigenvalue weighted by Crippen LogP contribution is -2.35. The molecule has 0 unspecified atom stereocenters. The molecule has 0 saturated heterocycles. The van der Waals surface area contributed by atoms with E-state index in [2.05, 4.69) is 5.43 Å². The first-order valence-corrected chi connectivity index (χ1v) is 2.07. The summed E-state index contributed by atoms with van der Waals surface area (Å²) in [5, 5.41) is 0. The Hall–Kier alpha value is -0.670. The standard InChI is InChI=1S/C4H7N2O/c1-5-6(4-7)2-3-6/h2-5H,1H3/q+1. The number of nitrogens with one attached hydrogen (secondary N) is 1. The third kappa shape index (κ3) is 0.554. The van der Waals surface area contributed by atoms with Crippen LogP contribution in [0.25, 0.3) is 0 Å². The van der Waals surface area contributed by atoms with Gasteiger partial charge in [-0.2, -0.15) is 5.43 Å². The predicted octanol–water partition coefficient (Wildman–Crippen LogP) is -0.421. The zero-order valence-electron chi connectivity index (χ0n) is 4.09. The zero-order chi connectivity index (χ0) is 5.33. The first-order valence-electron chi connectivity index (χ1n) is 2.07. The van der Waals surface area contributed by atoms with Gasteiger partial charge in [0.05, 0.1) is 0 Å². The van der Waals surface area contributed by atoms with Crippen LogP contribution in [0.1, 0.15) is 0 Å². The van der Waals surface area contributed by atoms with E-state index >= 15 is 0 Å². The highest BCUT2D eigenvalue weighted by molar-refractivity contribution is 5.42. The van der Waals surface area contributed by atoms with E-state index in [0.717, 1.165) is 6.41 Å². The van der Waals surface area contributed by atoms with Gasteiger partial charge in [-0.1, -0.05) is 0 Å². The Morgan fingerprint density at radius 1 is 1.71 bits per heavy atom. The quantitative estimate of drug-likeness (QED) is 0.376. The van der Waals surface area contributed by atoms with Crippen molar-refractivity contribution < 1.29 is 9.39 Å². The van der Waals surface area contributed by atoms with Crippen LogP contribution in [0.3, 0.4) is 0 Å². The largest absolute Gasteiger partial charge is 0.330 e. The fraction of sp³-hybridized carbons (Fsp3) is 0.250. The number of hydrogen-bond acceptors (Lipinski definition) is 2. The van der Waals surface area contributed by atoms with Crippen molar-refractivity contribution in [1.29, 1.82) is 0 Å². The van der Waals surface area contributed by atoms with Gasteiger partial charge in [-0.15, -0.1) is 4.59 Å². The van der Waals surface area contributed by atoms with Crippen LogP contribution < -0.4 is 5.43 Å². The van der Waals surface area contributed by atoms with Gasteiger partial charge >= 0.3 is 6.41 Å². The summed E-state index contributed by atoms with van der Waals surface area (Å²) in [6.07, 6.45) is 4.33. The van der Waals surface area contributed by atoms with E-state index in [1.807, 2.05) is 0 Å². The van der Waals surface area contributed by atoms with Crippen molar-refractivity contribution in [2.24, 2.45) is 0 Å². The number of carbonyl (C=O) groups excluding carboxylic acids is 1. The number of quaternary nitrogens is 1. The van der Waals surface area contributed by atoms with E-state index < -0.39 is 0 Å².